The Morgan fingerprint density at radius 2 is 1.94 bits per heavy atom. The number of anilines is 1. The van der Waals surface area contributed by atoms with Crippen LogP contribution in [0.5, 0.6) is 0 Å². The number of halogens is 3. The van der Waals surface area contributed by atoms with Gasteiger partial charge in [0.1, 0.15) is 5.82 Å². The number of rotatable bonds is 4. The minimum Gasteiger partial charge on any atom is -0.390 e. The fourth-order valence-electron chi connectivity index (χ4n) is 4.32. The fraction of sp³-hybridized carbons (Fsp3) is 0.476. The summed E-state index contributed by atoms with van der Waals surface area (Å²) in [5.41, 5.74) is 0.338. The monoisotopic (exact) mass is 448 g/mol. The second kappa shape index (κ2) is 7.65. The first kappa shape index (κ1) is 20.5. The fourth-order valence-corrected chi connectivity index (χ4v) is 4.48. The molecule has 2 saturated heterocycles. The van der Waals surface area contributed by atoms with Crippen molar-refractivity contribution in [2.45, 2.75) is 37.8 Å². The third-order valence-corrected chi connectivity index (χ3v) is 6.47. The minimum atomic E-state index is -2.56. The van der Waals surface area contributed by atoms with Crippen molar-refractivity contribution >= 4 is 28.5 Å². The molecule has 5 rings (SSSR count). The normalized spacial score (nSPS) is 19.9. The van der Waals surface area contributed by atoms with Gasteiger partial charge in [0, 0.05) is 37.8 Å². The van der Waals surface area contributed by atoms with Crippen LogP contribution in [0.2, 0.25) is 5.28 Å². The maximum atomic E-state index is 13.1. The topological polar surface area (TPSA) is 70.3 Å². The highest BCUT2D eigenvalue weighted by molar-refractivity contribution is 6.28. The Morgan fingerprint density at radius 1 is 1.19 bits per heavy atom. The van der Waals surface area contributed by atoms with Crippen molar-refractivity contribution in [3.05, 3.63) is 41.3 Å². The second-order valence-corrected chi connectivity index (χ2v) is 8.94. The van der Waals surface area contributed by atoms with E-state index < -0.39 is 12.0 Å². The Bertz CT molecular complexity index is 1100. The number of aromatic nitrogens is 4. The smallest absolute Gasteiger partial charge is 0.263 e. The molecule has 3 aromatic rings. The van der Waals surface area contributed by atoms with Crippen molar-refractivity contribution in [1.29, 1.82) is 0 Å². The summed E-state index contributed by atoms with van der Waals surface area (Å²) in [5.74, 6) is 0.700. The Balaban J connectivity index is 1.40. The Kier molecular flexibility index (Phi) is 5.07. The van der Waals surface area contributed by atoms with Crippen molar-refractivity contribution < 1.29 is 13.9 Å². The molecular formula is C21H23ClF2N6O. The van der Waals surface area contributed by atoms with Crippen LogP contribution in [0.25, 0.3) is 16.7 Å². The van der Waals surface area contributed by atoms with Crippen molar-refractivity contribution in [2.75, 3.05) is 31.1 Å². The summed E-state index contributed by atoms with van der Waals surface area (Å²) in [6.07, 6.45) is 0.642. The summed E-state index contributed by atoms with van der Waals surface area (Å²) < 4.78 is 27.8. The standard InChI is InChI=1S/C21H23ClF2N6O/c1-21(31)5-7-28(8-6-21)15-11-29(12-15)18-16-10-25-30(19(16)27-20(22)26-18)14-4-2-3-13(9-14)17(23)24/h2-4,9-10,15,17,31H,5-8,11-12H2,1H3. The quantitative estimate of drug-likeness (QED) is 0.616. The van der Waals surface area contributed by atoms with E-state index >= 15 is 0 Å². The molecule has 1 aromatic carbocycles. The molecule has 2 aliphatic heterocycles. The SMILES string of the molecule is CC1(O)CCN(C2CN(c3nc(Cl)nc4c3cnn4-c3cccc(C(F)F)c3)C2)CC1. The van der Waals surface area contributed by atoms with E-state index in [1.165, 1.54) is 16.8 Å². The van der Waals surface area contributed by atoms with Gasteiger partial charge < -0.3 is 10.0 Å². The zero-order chi connectivity index (χ0) is 21.8. The predicted octanol–water partition coefficient (Wildman–Crippen LogP) is 3.44. The number of piperidine rings is 1. The molecular weight excluding hydrogens is 426 g/mol. The lowest BCUT2D eigenvalue weighted by atomic mass is 9.92. The molecule has 0 aliphatic carbocycles. The van der Waals surface area contributed by atoms with Gasteiger partial charge in [0.2, 0.25) is 5.28 Å². The molecule has 0 atom stereocenters. The molecule has 4 heterocycles. The largest absolute Gasteiger partial charge is 0.390 e. The van der Waals surface area contributed by atoms with Gasteiger partial charge in [0.05, 0.1) is 22.9 Å². The van der Waals surface area contributed by atoms with Crippen LogP contribution < -0.4 is 4.90 Å². The van der Waals surface area contributed by atoms with Gasteiger partial charge in [-0.1, -0.05) is 12.1 Å². The summed E-state index contributed by atoms with van der Waals surface area (Å²) in [6, 6.07) is 6.46. The highest BCUT2D eigenvalue weighted by Gasteiger charge is 2.38. The number of benzene rings is 1. The Hall–Kier alpha value is -2.36. The Labute approximate surface area is 183 Å². The first-order chi connectivity index (χ1) is 14.8. The van der Waals surface area contributed by atoms with E-state index in [1.807, 2.05) is 6.92 Å². The van der Waals surface area contributed by atoms with Gasteiger partial charge in [-0.25, -0.2) is 13.5 Å². The highest BCUT2D eigenvalue weighted by atomic mass is 35.5. The number of hydrogen-bond acceptors (Lipinski definition) is 6. The van der Waals surface area contributed by atoms with Crippen molar-refractivity contribution in [3.63, 3.8) is 0 Å². The first-order valence-electron chi connectivity index (χ1n) is 10.3. The van der Waals surface area contributed by atoms with Crippen molar-refractivity contribution in [1.82, 2.24) is 24.6 Å². The Morgan fingerprint density at radius 3 is 2.65 bits per heavy atom. The molecule has 10 heteroatoms. The number of aliphatic hydroxyl groups is 1. The molecule has 0 spiro atoms. The first-order valence-corrected chi connectivity index (χ1v) is 10.7. The number of nitrogens with zero attached hydrogens (tertiary/aromatic N) is 6. The zero-order valence-corrected chi connectivity index (χ0v) is 17.8. The lowest BCUT2D eigenvalue weighted by molar-refractivity contribution is -0.0197. The molecule has 0 bridgehead atoms. The highest BCUT2D eigenvalue weighted by Crippen LogP contribution is 2.33. The number of alkyl halides is 2. The molecule has 0 unspecified atom stereocenters. The molecule has 0 amide bonds. The van der Waals surface area contributed by atoms with E-state index in [-0.39, 0.29) is 10.8 Å². The van der Waals surface area contributed by atoms with Crippen molar-refractivity contribution in [3.8, 4) is 5.69 Å². The molecule has 7 nitrogen and oxygen atoms in total. The molecule has 0 saturated carbocycles. The van der Waals surface area contributed by atoms with E-state index in [2.05, 4.69) is 24.9 Å². The van der Waals surface area contributed by atoms with Crippen LogP contribution in [0, 0.1) is 0 Å². The molecule has 2 aliphatic rings. The molecule has 1 N–H and O–H groups in total. The third-order valence-electron chi connectivity index (χ3n) is 6.30. The van der Waals surface area contributed by atoms with Gasteiger partial charge in [-0.3, -0.25) is 4.90 Å². The van der Waals surface area contributed by atoms with Crippen LogP contribution in [-0.2, 0) is 0 Å². The van der Waals surface area contributed by atoms with Crippen LogP contribution in [0.3, 0.4) is 0 Å². The summed E-state index contributed by atoms with van der Waals surface area (Å²) in [5, 5.41) is 15.4. The van der Waals surface area contributed by atoms with Gasteiger partial charge in [0.15, 0.2) is 5.65 Å². The van der Waals surface area contributed by atoms with Crippen LogP contribution >= 0.6 is 11.6 Å². The minimum absolute atomic E-state index is 0.0763. The number of likely N-dealkylation sites (tertiary alicyclic amines) is 1. The molecule has 2 aromatic heterocycles. The van der Waals surface area contributed by atoms with Gasteiger partial charge >= 0.3 is 0 Å². The molecule has 164 valence electrons. The van der Waals surface area contributed by atoms with Gasteiger partial charge in [-0.2, -0.15) is 15.1 Å². The van der Waals surface area contributed by atoms with E-state index in [1.54, 1.807) is 18.3 Å². The van der Waals surface area contributed by atoms with Crippen LogP contribution in [0.4, 0.5) is 14.6 Å². The second-order valence-electron chi connectivity index (χ2n) is 8.60. The number of hydrogen-bond donors (Lipinski definition) is 1. The zero-order valence-electron chi connectivity index (χ0n) is 17.0. The average Bonchev–Trinajstić information content (AvgIpc) is 3.12. The maximum Gasteiger partial charge on any atom is 0.263 e. The summed E-state index contributed by atoms with van der Waals surface area (Å²) in [4.78, 5) is 13.3. The van der Waals surface area contributed by atoms with E-state index in [0.717, 1.165) is 44.4 Å². The predicted molar refractivity (Wildman–Crippen MR) is 114 cm³/mol. The van der Waals surface area contributed by atoms with Crippen molar-refractivity contribution in [2.24, 2.45) is 0 Å². The van der Waals surface area contributed by atoms with Crippen LogP contribution in [-0.4, -0.2) is 67.6 Å². The van der Waals surface area contributed by atoms with Gasteiger partial charge in [-0.05, 0) is 43.5 Å². The molecule has 2 fully saturated rings. The summed E-state index contributed by atoms with van der Waals surface area (Å²) in [7, 11) is 0. The lowest BCUT2D eigenvalue weighted by Gasteiger charge is -2.49. The average molecular weight is 449 g/mol. The van der Waals surface area contributed by atoms with E-state index in [9.17, 15) is 13.9 Å². The molecule has 31 heavy (non-hydrogen) atoms. The molecule has 0 radical (unpaired) electrons. The lowest BCUT2D eigenvalue weighted by Crippen LogP contribution is -2.62. The van der Waals surface area contributed by atoms with Gasteiger partial charge in [0.25, 0.3) is 6.43 Å². The summed E-state index contributed by atoms with van der Waals surface area (Å²) in [6.45, 7) is 5.26. The summed E-state index contributed by atoms with van der Waals surface area (Å²) >= 11 is 6.22. The third kappa shape index (κ3) is 3.86. The van der Waals surface area contributed by atoms with Crippen LogP contribution in [0.15, 0.2) is 30.5 Å². The van der Waals surface area contributed by atoms with Gasteiger partial charge in [-0.15, -0.1) is 0 Å². The maximum absolute atomic E-state index is 13.1. The van der Waals surface area contributed by atoms with E-state index in [0.29, 0.717) is 23.2 Å². The van der Waals surface area contributed by atoms with E-state index in [4.69, 9.17) is 11.6 Å². The van der Waals surface area contributed by atoms with Crippen LogP contribution in [0.1, 0.15) is 31.8 Å². The number of fused-ring (bicyclic) bond motifs is 1.